The summed E-state index contributed by atoms with van der Waals surface area (Å²) in [6.07, 6.45) is 7.74. The third-order valence-corrected chi connectivity index (χ3v) is 3.46. The highest BCUT2D eigenvalue weighted by molar-refractivity contribution is 5.33. The van der Waals surface area contributed by atoms with Gasteiger partial charge in [-0.05, 0) is 25.7 Å². The molecule has 1 aromatic rings. The van der Waals surface area contributed by atoms with Gasteiger partial charge in [0.15, 0.2) is 5.82 Å². The molecule has 1 fully saturated rings. The number of aromatic nitrogens is 2. The molecule has 0 aliphatic heterocycles. The number of rotatable bonds is 5. The molecule has 0 amide bonds. The summed E-state index contributed by atoms with van der Waals surface area (Å²) in [7, 11) is 1.72. The molecule has 5 heteroatoms. The van der Waals surface area contributed by atoms with Gasteiger partial charge in [0, 0.05) is 26.0 Å². The molecule has 2 rings (SSSR count). The van der Waals surface area contributed by atoms with Crippen LogP contribution in [0.3, 0.4) is 0 Å². The summed E-state index contributed by atoms with van der Waals surface area (Å²) in [6, 6.07) is 0.202. The minimum atomic E-state index is -0.0406. The molecule has 100 valence electrons. The number of hydrogen-bond acceptors (Lipinski definition) is 4. The molecule has 1 aliphatic carbocycles. The van der Waals surface area contributed by atoms with Crippen molar-refractivity contribution < 1.29 is 4.74 Å². The molecule has 1 aromatic heterocycles. The summed E-state index contributed by atoms with van der Waals surface area (Å²) in [5.74, 6) is 0.444. The standard InChI is InChI=1S/C13H21N3O2/c1-3-8-16-9-7-14-12(13(16)17)15-10-5-4-6-11(10)18-2/h7,9-11H,3-6,8H2,1-2H3,(H,14,15). The Kier molecular flexibility index (Phi) is 4.36. The lowest BCUT2D eigenvalue weighted by atomic mass is 10.2. The first kappa shape index (κ1) is 13.1. The van der Waals surface area contributed by atoms with Gasteiger partial charge in [-0.15, -0.1) is 0 Å². The molecule has 18 heavy (non-hydrogen) atoms. The van der Waals surface area contributed by atoms with E-state index >= 15 is 0 Å². The highest BCUT2D eigenvalue weighted by Crippen LogP contribution is 2.23. The van der Waals surface area contributed by atoms with Gasteiger partial charge >= 0.3 is 0 Å². The van der Waals surface area contributed by atoms with Gasteiger partial charge in [-0.25, -0.2) is 4.98 Å². The summed E-state index contributed by atoms with van der Waals surface area (Å²) in [5.41, 5.74) is -0.0406. The quantitative estimate of drug-likeness (QED) is 0.864. The molecule has 0 spiro atoms. The molecule has 5 nitrogen and oxygen atoms in total. The normalized spacial score (nSPS) is 23.2. The van der Waals surface area contributed by atoms with Crippen LogP contribution in [0.1, 0.15) is 32.6 Å². The zero-order valence-electron chi connectivity index (χ0n) is 11.1. The minimum Gasteiger partial charge on any atom is -0.379 e. The molecule has 0 radical (unpaired) electrons. The first-order valence-electron chi connectivity index (χ1n) is 6.61. The lowest BCUT2D eigenvalue weighted by Crippen LogP contribution is -2.34. The first-order chi connectivity index (χ1) is 8.76. The topological polar surface area (TPSA) is 56.1 Å². The molecule has 2 atom stereocenters. The van der Waals surface area contributed by atoms with Crippen LogP contribution < -0.4 is 10.9 Å². The predicted octanol–water partition coefficient (Wildman–Crippen LogP) is 1.63. The van der Waals surface area contributed by atoms with Gasteiger partial charge in [-0.1, -0.05) is 6.92 Å². The van der Waals surface area contributed by atoms with E-state index in [0.717, 1.165) is 32.2 Å². The van der Waals surface area contributed by atoms with Gasteiger partial charge in [-0.2, -0.15) is 0 Å². The van der Waals surface area contributed by atoms with Crippen molar-refractivity contribution in [3.63, 3.8) is 0 Å². The second-order valence-corrected chi connectivity index (χ2v) is 4.73. The molecule has 1 saturated carbocycles. The van der Waals surface area contributed by atoms with E-state index in [-0.39, 0.29) is 17.7 Å². The maximum Gasteiger partial charge on any atom is 0.293 e. The monoisotopic (exact) mass is 251 g/mol. The molecule has 1 N–H and O–H groups in total. The zero-order valence-corrected chi connectivity index (χ0v) is 11.1. The van der Waals surface area contributed by atoms with Gasteiger partial charge in [0.1, 0.15) is 0 Å². The number of hydrogen-bond donors (Lipinski definition) is 1. The lowest BCUT2D eigenvalue weighted by molar-refractivity contribution is 0.101. The number of methoxy groups -OCH3 is 1. The zero-order chi connectivity index (χ0) is 13.0. The van der Waals surface area contributed by atoms with Crippen molar-refractivity contribution in [2.45, 2.75) is 51.3 Å². The van der Waals surface area contributed by atoms with Crippen LogP contribution in [0.4, 0.5) is 5.82 Å². The van der Waals surface area contributed by atoms with E-state index in [1.54, 1.807) is 24.1 Å². The fourth-order valence-corrected chi connectivity index (χ4v) is 2.51. The largest absolute Gasteiger partial charge is 0.379 e. The molecular weight excluding hydrogens is 230 g/mol. The Labute approximate surface area is 107 Å². The van der Waals surface area contributed by atoms with Crippen molar-refractivity contribution in [1.29, 1.82) is 0 Å². The Morgan fingerprint density at radius 2 is 2.39 bits per heavy atom. The number of nitrogens with zero attached hydrogens (tertiary/aromatic N) is 2. The van der Waals surface area contributed by atoms with Crippen LogP contribution in [0.15, 0.2) is 17.2 Å². The van der Waals surface area contributed by atoms with Crippen molar-refractivity contribution in [3.05, 3.63) is 22.7 Å². The van der Waals surface area contributed by atoms with E-state index in [0.29, 0.717) is 5.82 Å². The highest BCUT2D eigenvalue weighted by Gasteiger charge is 2.27. The van der Waals surface area contributed by atoms with Crippen LogP contribution in [0.25, 0.3) is 0 Å². The Bertz CT molecular complexity index is 444. The maximum atomic E-state index is 12.1. The summed E-state index contributed by atoms with van der Waals surface area (Å²) < 4.78 is 7.11. The second kappa shape index (κ2) is 6.00. The van der Waals surface area contributed by atoms with Crippen molar-refractivity contribution in [2.24, 2.45) is 0 Å². The maximum absolute atomic E-state index is 12.1. The molecule has 1 heterocycles. The summed E-state index contributed by atoms with van der Waals surface area (Å²) in [6.45, 7) is 2.78. The second-order valence-electron chi connectivity index (χ2n) is 4.73. The number of nitrogens with one attached hydrogen (secondary N) is 1. The smallest absolute Gasteiger partial charge is 0.293 e. The number of anilines is 1. The van der Waals surface area contributed by atoms with Crippen LogP contribution in [0, 0.1) is 0 Å². The number of ether oxygens (including phenoxy) is 1. The molecule has 2 unspecified atom stereocenters. The van der Waals surface area contributed by atoms with Gasteiger partial charge in [0.25, 0.3) is 5.56 Å². The van der Waals surface area contributed by atoms with E-state index in [1.807, 2.05) is 0 Å². The summed E-state index contributed by atoms with van der Waals surface area (Å²) >= 11 is 0. The van der Waals surface area contributed by atoms with Crippen LogP contribution in [-0.4, -0.2) is 28.8 Å². The van der Waals surface area contributed by atoms with Crippen molar-refractivity contribution in [3.8, 4) is 0 Å². The number of aryl methyl sites for hydroxylation is 1. The Morgan fingerprint density at radius 1 is 1.56 bits per heavy atom. The Balaban J connectivity index is 2.14. The third-order valence-electron chi connectivity index (χ3n) is 3.46. The molecular formula is C13H21N3O2. The predicted molar refractivity (Wildman–Crippen MR) is 70.8 cm³/mol. The fourth-order valence-electron chi connectivity index (χ4n) is 2.51. The van der Waals surface area contributed by atoms with Gasteiger partial charge in [0.05, 0.1) is 12.1 Å². The van der Waals surface area contributed by atoms with Crippen LogP contribution in [-0.2, 0) is 11.3 Å². The fraction of sp³-hybridized carbons (Fsp3) is 0.692. The van der Waals surface area contributed by atoms with Crippen LogP contribution >= 0.6 is 0 Å². The lowest BCUT2D eigenvalue weighted by Gasteiger charge is -2.20. The van der Waals surface area contributed by atoms with Crippen molar-refractivity contribution >= 4 is 5.82 Å². The summed E-state index contributed by atoms with van der Waals surface area (Å²) in [5, 5.41) is 3.24. The molecule has 0 bridgehead atoms. The van der Waals surface area contributed by atoms with Crippen LogP contribution in [0.5, 0.6) is 0 Å². The van der Waals surface area contributed by atoms with Crippen molar-refractivity contribution in [2.75, 3.05) is 12.4 Å². The van der Waals surface area contributed by atoms with Gasteiger partial charge in [0.2, 0.25) is 0 Å². The summed E-state index contributed by atoms with van der Waals surface area (Å²) in [4.78, 5) is 16.3. The van der Waals surface area contributed by atoms with Gasteiger partial charge < -0.3 is 14.6 Å². The van der Waals surface area contributed by atoms with E-state index in [1.165, 1.54) is 0 Å². The van der Waals surface area contributed by atoms with Gasteiger partial charge in [-0.3, -0.25) is 4.79 Å². The Morgan fingerprint density at radius 3 is 3.11 bits per heavy atom. The molecule has 0 saturated heterocycles. The van der Waals surface area contributed by atoms with E-state index in [9.17, 15) is 4.79 Å². The van der Waals surface area contributed by atoms with E-state index in [4.69, 9.17) is 4.74 Å². The minimum absolute atomic E-state index is 0.0406. The average molecular weight is 251 g/mol. The highest BCUT2D eigenvalue weighted by atomic mass is 16.5. The van der Waals surface area contributed by atoms with E-state index in [2.05, 4.69) is 17.2 Å². The molecule has 0 aromatic carbocycles. The molecule has 1 aliphatic rings. The van der Waals surface area contributed by atoms with Crippen LogP contribution in [0.2, 0.25) is 0 Å². The Hall–Kier alpha value is -1.36. The average Bonchev–Trinajstić information content (AvgIpc) is 2.82. The SMILES string of the molecule is CCCn1ccnc(NC2CCCC2OC)c1=O. The third kappa shape index (κ3) is 2.72. The first-order valence-corrected chi connectivity index (χ1v) is 6.61. The van der Waals surface area contributed by atoms with E-state index < -0.39 is 0 Å². The van der Waals surface area contributed by atoms with Crippen molar-refractivity contribution in [1.82, 2.24) is 9.55 Å².